The van der Waals surface area contributed by atoms with Gasteiger partial charge in [-0.1, -0.05) is 30.3 Å². The molecule has 2 amide bonds. The highest BCUT2D eigenvalue weighted by Crippen LogP contribution is 2.63. The lowest BCUT2D eigenvalue weighted by molar-refractivity contribution is -0.000795. The van der Waals surface area contributed by atoms with Crippen molar-refractivity contribution in [1.29, 1.82) is 5.26 Å². The van der Waals surface area contributed by atoms with Gasteiger partial charge < -0.3 is 19.3 Å². The van der Waals surface area contributed by atoms with E-state index in [0.717, 1.165) is 12.0 Å². The van der Waals surface area contributed by atoms with Crippen LogP contribution in [0.2, 0.25) is 0 Å². The molecule has 0 aromatic heterocycles. The number of ether oxygens (including phenoxy) is 2. The second kappa shape index (κ2) is 10.8. The molecule has 5 unspecified atom stereocenters. The Labute approximate surface area is 236 Å². The van der Waals surface area contributed by atoms with Crippen LogP contribution in [0.15, 0.2) is 30.3 Å². The van der Waals surface area contributed by atoms with Crippen LogP contribution in [0.5, 0.6) is 0 Å². The van der Waals surface area contributed by atoms with Crippen molar-refractivity contribution in [3.8, 4) is 6.07 Å². The van der Waals surface area contributed by atoms with Gasteiger partial charge in [-0.25, -0.2) is 18.0 Å². The maximum absolute atomic E-state index is 12.2. The monoisotopic (exact) mass is 577 g/mol. The van der Waals surface area contributed by atoms with E-state index in [1.54, 1.807) is 25.7 Å². The Morgan fingerprint density at radius 1 is 0.875 bits per heavy atom. The number of carbonyl (C=O) groups is 2. The fraction of sp³-hybridized carbons (Fsp3) is 0.679. The molecule has 1 aromatic rings. The number of carbonyl (C=O) groups excluding carboxylic acids is 2. The van der Waals surface area contributed by atoms with Gasteiger partial charge in [-0.15, -0.1) is 0 Å². The average molecular weight is 578 g/mol. The molecule has 11 nitrogen and oxygen atoms in total. The number of amides is 2. The van der Waals surface area contributed by atoms with Crippen molar-refractivity contribution in [2.24, 2.45) is 11.8 Å². The van der Waals surface area contributed by atoms with Crippen LogP contribution in [0.25, 0.3) is 0 Å². The van der Waals surface area contributed by atoms with Crippen LogP contribution in [0.1, 0.15) is 59.9 Å². The van der Waals surface area contributed by atoms with Crippen molar-refractivity contribution in [3.05, 3.63) is 35.9 Å². The first-order chi connectivity index (χ1) is 18.5. The van der Waals surface area contributed by atoms with Gasteiger partial charge in [0.2, 0.25) is 0 Å². The summed E-state index contributed by atoms with van der Waals surface area (Å²) in [5.41, 5.74) is -0.396. The Kier molecular flexibility index (Phi) is 8.15. The van der Waals surface area contributed by atoms with Gasteiger partial charge in [0.25, 0.3) is 0 Å². The van der Waals surface area contributed by atoms with Gasteiger partial charge in [-0.3, -0.25) is 0 Å². The Bertz CT molecular complexity index is 1250. The first kappa shape index (κ1) is 30.1. The fourth-order valence-corrected chi connectivity index (χ4v) is 6.70. The molecule has 12 heteroatoms. The first-order valence-corrected chi connectivity index (χ1v) is 14.9. The van der Waals surface area contributed by atoms with E-state index in [4.69, 9.17) is 17.8 Å². The molecule has 40 heavy (non-hydrogen) atoms. The summed E-state index contributed by atoms with van der Waals surface area (Å²) in [6.07, 6.45) is -0.563. The second-order valence-corrected chi connectivity index (χ2v) is 13.9. The molecule has 3 aliphatic heterocycles. The molecule has 3 saturated heterocycles. The standard InChI is InChI=1S/C18H22N2O2.C10H17NO6S/c1-17(2,3)22-16(21)20-10-9-14-15(11-20)18(14,12-19)13-7-5-4-6-8-13;1-10(2,3)15-9(12)11-5-4-7-8(6-11)17-18(13,14)16-7/h4-8,14-15H,9-11H2,1-3H3;7-8H,4-6H2,1-3H3. The zero-order valence-electron chi connectivity index (χ0n) is 24.0. The van der Waals surface area contributed by atoms with Crippen molar-refractivity contribution in [3.63, 3.8) is 0 Å². The summed E-state index contributed by atoms with van der Waals surface area (Å²) in [4.78, 5) is 27.3. The summed E-state index contributed by atoms with van der Waals surface area (Å²) in [6, 6.07) is 12.5. The molecule has 0 N–H and O–H groups in total. The summed E-state index contributed by atoms with van der Waals surface area (Å²) in [6.45, 7) is 12.8. The summed E-state index contributed by atoms with van der Waals surface area (Å²) < 4.78 is 42.4. The third-order valence-corrected chi connectivity index (χ3v) is 8.36. The average Bonchev–Trinajstić information content (AvgIpc) is 3.40. The van der Waals surface area contributed by atoms with E-state index in [1.807, 2.05) is 51.1 Å². The van der Waals surface area contributed by atoms with Gasteiger partial charge in [-0.2, -0.15) is 13.7 Å². The van der Waals surface area contributed by atoms with Gasteiger partial charge in [0.15, 0.2) is 0 Å². The molecule has 0 radical (unpaired) electrons. The molecule has 1 aliphatic carbocycles. The van der Waals surface area contributed by atoms with Gasteiger partial charge in [-0.05, 0) is 65.9 Å². The third kappa shape index (κ3) is 6.70. The van der Waals surface area contributed by atoms with Gasteiger partial charge in [0, 0.05) is 25.6 Å². The Morgan fingerprint density at radius 3 is 1.95 bits per heavy atom. The molecule has 220 valence electrons. The molecule has 4 fully saturated rings. The van der Waals surface area contributed by atoms with Crippen molar-refractivity contribution >= 4 is 22.6 Å². The lowest BCUT2D eigenvalue weighted by Gasteiger charge is -2.33. The van der Waals surface area contributed by atoms with Crippen molar-refractivity contribution in [2.75, 3.05) is 26.2 Å². The first-order valence-electron chi connectivity index (χ1n) is 13.6. The number of benzene rings is 1. The van der Waals surface area contributed by atoms with Crippen LogP contribution >= 0.6 is 0 Å². The molecule has 1 saturated carbocycles. The van der Waals surface area contributed by atoms with Crippen LogP contribution in [-0.2, 0) is 33.7 Å². The van der Waals surface area contributed by atoms with Crippen molar-refractivity contribution < 1.29 is 35.8 Å². The largest absolute Gasteiger partial charge is 0.444 e. The maximum atomic E-state index is 12.2. The topological polar surface area (TPSA) is 135 Å². The van der Waals surface area contributed by atoms with Crippen molar-refractivity contribution in [2.45, 2.75) is 83.2 Å². The predicted octanol–water partition coefficient (Wildman–Crippen LogP) is 3.99. The lowest BCUT2D eigenvalue weighted by atomic mass is 9.93. The minimum Gasteiger partial charge on any atom is -0.444 e. The number of hydrogen-bond donors (Lipinski definition) is 0. The number of likely N-dealkylation sites (tertiary alicyclic amines) is 2. The van der Waals surface area contributed by atoms with E-state index in [0.29, 0.717) is 32.0 Å². The van der Waals surface area contributed by atoms with E-state index >= 15 is 0 Å². The number of fused-ring (bicyclic) bond motifs is 2. The summed E-state index contributed by atoms with van der Waals surface area (Å²) >= 11 is 0. The van der Waals surface area contributed by atoms with E-state index in [-0.39, 0.29) is 18.6 Å². The normalized spacial score (nSPS) is 30.5. The maximum Gasteiger partial charge on any atom is 0.410 e. The Hall–Kier alpha value is -2.88. The molecule has 5 atom stereocenters. The van der Waals surface area contributed by atoms with Crippen LogP contribution < -0.4 is 0 Å². The minimum atomic E-state index is -3.89. The Balaban J connectivity index is 0.000000189. The molecule has 4 aliphatic rings. The van der Waals surface area contributed by atoms with Crippen LogP contribution in [-0.4, -0.2) is 80.0 Å². The van der Waals surface area contributed by atoms with E-state index in [1.165, 1.54) is 4.90 Å². The van der Waals surface area contributed by atoms with Gasteiger partial charge >= 0.3 is 22.6 Å². The predicted molar refractivity (Wildman–Crippen MR) is 144 cm³/mol. The molecular formula is C28H39N3O8S. The highest BCUT2D eigenvalue weighted by molar-refractivity contribution is 7.82. The lowest BCUT2D eigenvalue weighted by Crippen LogP contribution is -2.49. The molecule has 0 spiro atoms. The van der Waals surface area contributed by atoms with Crippen LogP contribution in [0, 0.1) is 23.2 Å². The van der Waals surface area contributed by atoms with E-state index < -0.39 is 45.3 Å². The number of rotatable bonds is 1. The zero-order valence-corrected chi connectivity index (χ0v) is 24.8. The molecule has 3 heterocycles. The number of piperidine rings is 2. The Morgan fingerprint density at radius 2 is 1.40 bits per heavy atom. The SMILES string of the molecule is CC(C)(C)OC(=O)N1CCC2C(C1)C2(C#N)c1ccccc1.CC(C)(C)OC(=O)N1CCC2OS(=O)(=O)OC2C1. The number of nitriles is 1. The molecule has 1 aromatic carbocycles. The quantitative estimate of drug-likeness (QED) is 0.485. The highest BCUT2D eigenvalue weighted by atomic mass is 32.3. The zero-order chi connectivity index (χ0) is 29.5. The fourth-order valence-electron chi connectivity index (χ4n) is 5.64. The smallest absolute Gasteiger partial charge is 0.410 e. The van der Waals surface area contributed by atoms with Crippen LogP contribution in [0.4, 0.5) is 9.59 Å². The van der Waals surface area contributed by atoms with E-state index in [2.05, 4.69) is 6.07 Å². The second-order valence-electron chi connectivity index (χ2n) is 12.7. The number of hydrogen-bond acceptors (Lipinski definition) is 9. The van der Waals surface area contributed by atoms with Gasteiger partial charge in [0.05, 0.1) is 18.0 Å². The summed E-state index contributed by atoms with van der Waals surface area (Å²) in [5.74, 6) is 0.583. The van der Waals surface area contributed by atoms with Crippen LogP contribution in [0.3, 0.4) is 0 Å². The van der Waals surface area contributed by atoms with Crippen molar-refractivity contribution in [1.82, 2.24) is 9.80 Å². The summed E-state index contributed by atoms with van der Waals surface area (Å²) in [5, 5.41) is 9.77. The molecular weight excluding hydrogens is 538 g/mol. The summed E-state index contributed by atoms with van der Waals surface area (Å²) in [7, 11) is -3.89. The highest BCUT2D eigenvalue weighted by Gasteiger charge is 2.68. The third-order valence-electron chi connectivity index (χ3n) is 7.39. The van der Waals surface area contributed by atoms with Gasteiger partial charge in [0.1, 0.15) is 23.4 Å². The molecule has 5 rings (SSSR count). The van der Waals surface area contributed by atoms with E-state index in [9.17, 15) is 23.3 Å². The number of nitrogens with zero attached hydrogens (tertiary/aromatic N) is 3. The molecule has 0 bridgehead atoms. The minimum absolute atomic E-state index is 0.165.